The number of hydrogen-bond donors (Lipinski definition) is 1. The first kappa shape index (κ1) is 19.3. The van der Waals surface area contributed by atoms with E-state index >= 15 is 0 Å². The van der Waals surface area contributed by atoms with E-state index in [4.69, 9.17) is 26.2 Å². The van der Waals surface area contributed by atoms with Crippen LogP contribution < -0.4 is 4.74 Å². The largest absolute Gasteiger partial charge is 0.493 e. The molecule has 0 radical (unpaired) electrons. The van der Waals surface area contributed by atoms with Crippen LogP contribution in [0.5, 0.6) is 5.75 Å². The van der Waals surface area contributed by atoms with E-state index in [1.54, 1.807) is 6.92 Å². The summed E-state index contributed by atoms with van der Waals surface area (Å²) in [7, 11) is 0. The van der Waals surface area contributed by atoms with Crippen molar-refractivity contribution in [2.24, 2.45) is 0 Å². The molecule has 0 spiro atoms. The molecule has 25 heavy (non-hydrogen) atoms. The number of halogens is 1. The topological polar surface area (TPSA) is 55.8 Å². The zero-order valence-electron chi connectivity index (χ0n) is 14.3. The number of aryl methyl sites for hydroxylation is 1. The van der Waals surface area contributed by atoms with Crippen molar-refractivity contribution >= 4 is 17.6 Å². The fourth-order valence-corrected chi connectivity index (χ4v) is 2.63. The van der Waals surface area contributed by atoms with Gasteiger partial charge < -0.3 is 14.6 Å². The van der Waals surface area contributed by atoms with Crippen molar-refractivity contribution in [3.63, 3.8) is 0 Å². The van der Waals surface area contributed by atoms with Gasteiger partial charge in [-0.3, -0.25) is 0 Å². The maximum absolute atomic E-state index is 11.1. The van der Waals surface area contributed by atoms with Gasteiger partial charge in [0.2, 0.25) is 0 Å². The van der Waals surface area contributed by atoms with Gasteiger partial charge in [-0.2, -0.15) is 0 Å². The third kappa shape index (κ3) is 6.77. The Morgan fingerprint density at radius 3 is 2.56 bits per heavy atom. The van der Waals surface area contributed by atoms with Gasteiger partial charge in [-0.25, -0.2) is 4.79 Å². The van der Waals surface area contributed by atoms with Gasteiger partial charge in [-0.05, 0) is 55.2 Å². The summed E-state index contributed by atoms with van der Waals surface area (Å²) in [5, 5.41) is 9.85. The summed E-state index contributed by atoms with van der Waals surface area (Å²) in [6.07, 6.45) is 1.11. The van der Waals surface area contributed by atoms with Crippen LogP contribution in [0.1, 0.15) is 24.5 Å². The highest BCUT2D eigenvalue weighted by atomic mass is 35.5. The molecular weight excluding hydrogens is 340 g/mol. The van der Waals surface area contributed by atoms with E-state index in [1.165, 1.54) is 5.56 Å². The van der Waals surface area contributed by atoms with Crippen LogP contribution in [0.25, 0.3) is 0 Å². The summed E-state index contributed by atoms with van der Waals surface area (Å²) in [4.78, 5) is 11.1. The highest BCUT2D eigenvalue weighted by molar-refractivity contribution is 6.30. The molecule has 1 atom stereocenters. The lowest BCUT2D eigenvalue weighted by atomic mass is 10.1. The Kier molecular flexibility index (Phi) is 7.76. The monoisotopic (exact) mass is 362 g/mol. The number of rotatable bonds is 10. The zero-order chi connectivity index (χ0) is 18.1. The maximum atomic E-state index is 11.1. The highest BCUT2D eigenvalue weighted by Gasteiger charge is 2.17. The standard InChI is InChI=1S/C20H23ClO4/c1-2-24-19(20(22)23)11-8-16-4-3-5-18(14-16)25-13-12-15-6-9-17(21)10-7-15/h3-7,9-10,14,19H,2,8,11-13H2,1H3,(H,22,23)/t19-/m1/s1. The summed E-state index contributed by atoms with van der Waals surface area (Å²) >= 11 is 5.87. The first-order valence-corrected chi connectivity index (χ1v) is 8.77. The molecule has 1 N–H and O–H groups in total. The molecule has 0 saturated heterocycles. The summed E-state index contributed by atoms with van der Waals surface area (Å²) in [5.74, 6) is -0.132. The predicted octanol–water partition coefficient (Wildman–Crippen LogP) is 4.38. The Labute approximate surface area is 153 Å². The third-order valence-corrected chi connectivity index (χ3v) is 4.06. The van der Waals surface area contributed by atoms with Gasteiger partial charge in [-0.1, -0.05) is 35.9 Å². The maximum Gasteiger partial charge on any atom is 0.332 e. The lowest BCUT2D eigenvalue weighted by Gasteiger charge is -2.13. The molecule has 2 aromatic rings. The number of ether oxygens (including phenoxy) is 2. The van der Waals surface area contributed by atoms with Crippen molar-refractivity contribution in [1.29, 1.82) is 0 Å². The van der Waals surface area contributed by atoms with Gasteiger partial charge in [0, 0.05) is 18.1 Å². The molecule has 0 heterocycles. The molecule has 5 heteroatoms. The van der Waals surface area contributed by atoms with Gasteiger partial charge in [0.15, 0.2) is 6.10 Å². The molecule has 0 bridgehead atoms. The lowest BCUT2D eigenvalue weighted by molar-refractivity contribution is -0.150. The van der Waals surface area contributed by atoms with E-state index in [1.807, 2.05) is 48.5 Å². The van der Waals surface area contributed by atoms with Crippen LogP contribution in [0.2, 0.25) is 5.02 Å². The van der Waals surface area contributed by atoms with Crippen molar-refractivity contribution in [2.75, 3.05) is 13.2 Å². The molecule has 0 aliphatic rings. The minimum atomic E-state index is -0.919. The van der Waals surface area contributed by atoms with E-state index in [0.717, 1.165) is 22.8 Å². The number of aliphatic carboxylic acids is 1. The molecule has 0 amide bonds. The summed E-state index contributed by atoms with van der Waals surface area (Å²) in [6, 6.07) is 15.5. The van der Waals surface area contributed by atoms with E-state index in [0.29, 0.717) is 26.1 Å². The van der Waals surface area contributed by atoms with Gasteiger partial charge in [0.1, 0.15) is 5.75 Å². The van der Waals surface area contributed by atoms with Crippen molar-refractivity contribution in [1.82, 2.24) is 0 Å². The quantitative estimate of drug-likeness (QED) is 0.681. The van der Waals surface area contributed by atoms with Gasteiger partial charge in [0.25, 0.3) is 0 Å². The molecule has 0 unspecified atom stereocenters. The zero-order valence-corrected chi connectivity index (χ0v) is 15.0. The first-order valence-electron chi connectivity index (χ1n) is 8.39. The minimum absolute atomic E-state index is 0.394. The molecule has 0 fully saturated rings. The van der Waals surface area contributed by atoms with Crippen LogP contribution in [0.15, 0.2) is 48.5 Å². The number of hydrogen-bond acceptors (Lipinski definition) is 3. The molecular formula is C20H23ClO4. The third-order valence-electron chi connectivity index (χ3n) is 3.81. The summed E-state index contributed by atoms with van der Waals surface area (Å²) < 4.78 is 11.0. The number of carbonyl (C=O) groups is 1. The van der Waals surface area contributed by atoms with Crippen molar-refractivity contribution in [3.8, 4) is 5.75 Å². The van der Waals surface area contributed by atoms with Crippen LogP contribution in [-0.4, -0.2) is 30.4 Å². The summed E-state index contributed by atoms with van der Waals surface area (Å²) in [6.45, 7) is 2.76. The molecule has 0 aliphatic heterocycles. The molecule has 0 aliphatic carbocycles. The van der Waals surface area contributed by atoms with E-state index in [9.17, 15) is 4.79 Å². The Morgan fingerprint density at radius 1 is 1.12 bits per heavy atom. The Balaban J connectivity index is 1.83. The molecule has 0 aromatic heterocycles. The second-order valence-corrected chi connectivity index (χ2v) is 6.13. The van der Waals surface area contributed by atoms with E-state index < -0.39 is 12.1 Å². The van der Waals surface area contributed by atoms with Crippen LogP contribution in [0.4, 0.5) is 0 Å². The Bertz CT molecular complexity index is 670. The van der Waals surface area contributed by atoms with Crippen molar-refractivity contribution in [2.45, 2.75) is 32.3 Å². The van der Waals surface area contributed by atoms with Crippen LogP contribution >= 0.6 is 11.6 Å². The van der Waals surface area contributed by atoms with Crippen molar-refractivity contribution < 1.29 is 19.4 Å². The van der Waals surface area contributed by atoms with E-state index in [-0.39, 0.29) is 0 Å². The minimum Gasteiger partial charge on any atom is -0.493 e. The predicted molar refractivity (Wildman–Crippen MR) is 98.5 cm³/mol. The Morgan fingerprint density at radius 2 is 1.88 bits per heavy atom. The average molecular weight is 363 g/mol. The molecule has 2 aromatic carbocycles. The molecule has 4 nitrogen and oxygen atoms in total. The second-order valence-electron chi connectivity index (χ2n) is 5.69. The Hall–Kier alpha value is -2.04. The summed E-state index contributed by atoms with van der Waals surface area (Å²) in [5.41, 5.74) is 2.21. The normalized spacial score (nSPS) is 11.9. The lowest BCUT2D eigenvalue weighted by Crippen LogP contribution is -2.24. The van der Waals surface area contributed by atoms with Gasteiger partial charge in [0.05, 0.1) is 6.61 Å². The first-order chi connectivity index (χ1) is 12.1. The average Bonchev–Trinajstić information content (AvgIpc) is 2.60. The fraction of sp³-hybridized carbons (Fsp3) is 0.350. The van der Waals surface area contributed by atoms with Crippen LogP contribution in [0, 0.1) is 0 Å². The van der Waals surface area contributed by atoms with Gasteiger partial charge >= 0.3 is 5.97 Å². The molecule has 2 rings (SSSR count). The van der Waals surface area contributed by atoms with Crippen LogP contribution in [-0.2, 0) is 22.4 Å². The van der Waals surface area contributed by atoms with E-state index in [2.05, 4.69) is 0 Å². The smallest absolute Gasteiger partial charge is 0.332 e. The highest BCUT2D eigenvalue weighted by Crippen LogP contribution is 2.17. The second kappa shape index (κ2) is 10.1. The SMILES string of the molecule is CCO[C@H](CCc1cccc(OCCc2ccc(Cl)cc2)c1)C(=O)O. The molecule has 134 valence electrons. The van der Waals surface area contributed by atoms with Crippen LogP contribution in [0.3, 0.4) is 0 Å². The fourth-order valence-electron chi connectivity index (χ4n) is 2.51. The number of benzene rings is 2. The van der Waals surface area contributed by atoms with Gasteiger partial charge in [-0.15, -0.1) is 0 Å². The molecule has 0 saturated carbocycles. The van der Waals surface area contributed by atoms with Crippen molar-refractivity contribution in [3.05, 3.63) is 64.7 Å². The number of carboxylic acid groups (broad SMARTS) is 1. The number of carboxylic acids is 1.